The molecule has 7 heteroatoms. The molecule has 1 heterocycles. The van der Waals surface area contributed by atoms with Gasteiger partial charge < -0.3 is 5.73 Å². The minimum Gasteiger partial charge on any atom is -0.329 e. The van der Waals surface area contributed by atoms with Crippen LogP contribution in [0.25, 0.3) is 0 Å². The van der Waals surface area contributed by atoms with Crippen LogP contribution in [-0.2, 0) is 10.0 Å². The van der Waals surface area contributed by atoms with Gasteiger partial charge in [-0.3, -0.25) is 0 Å². The molecule has 2 N–H and O–H groups in total. The van der Waals surface area contributed by atoms with Crippen molar-refractivity contribution in [2.75, 3.05) is 13.1 Å². The van der Waals surface area contributed by atoms with Crippen molar-refractivity contribution >= 4 is 10.0 Å². The van der Waals surface area contributed by atoms with Gasteiger partial charge in [0, 0.05) is 19.1 Å². The predicted octanol–water partition coefficient (Wildman–Crippen LogP) is 0.809. The Kier molecular flexibility index (Phi) is 3.85. The highest BCUT2D eigenvalue weighted by Crippen LogP contribution is 2.28. The van der Waals surface area contributed by atoms with E-state index in [1.165, 1.54) is 16.4 Å². The number of hydrogen-bond acceptors (Lipinski definition) is 4. The molecule has 1 atom stereocenters. The first-order valence-corrected chi connectivity index (χ1v) is 7.37. The summed E-state index contributed by atoms with van der Waals surface area (Å²) in [5.41, 5.74) is 5.11. The molecule has 5 nitrogen and oxygen atoms in total. The molecule has 102 valence electrons. The van der Waals surface area contributed by atoms with E-state index < -0.39 is 21.4 Å². The van der Waals surface area contributed by atoms with Gasteiger partial charge in [0.1, 0.15) is 22.3 Å². The van der Waals surface area contributed by atoms with Gasteiger partial charge in [0.25, 0.3) is 0 Å². The lowest BCUT2D eigenvalue weighted by Crippen LogP contribution is -2.40. The van der Waals surface area contributed by atoms with Crippen LogP contribution in [0, 0.1) is 17.1 Å². The first-order valence-electron chi connectivity index (χ1n) is 5.93. The molecule has 1 fully saturated rings. The molecule has 1 saturated heterocycles. The van der Waals surface area contributed by atoms with Crippen LogP contribution >= 0.6 is 0 Å². The summed E-state index contributed by atoms with van der Waals surface area (Å²) >= 11 is 0. The number of benzene rings is 1. The quantitative estimate of drug-likeness (QED) is 0.889. The van der Waals surface area contributed by atoms with Crippen LogP contribution in [0.1, 0.15) is 18.4 Å². The van der Waals surface area contributed by atoms with Crippen molar-refractivity contribution < 1.29 is 12.8 Å². The highest BCUT2D eigenvalue weighted by atomic mass is 32.2. The Bertz CT molecular complexity index is 624. The number of nitrogens with zero attached hydrogens (tertiary/aromatic N) is 2. The molecule has 0 saturated carbocycles. The van der Waals surface area contributed by atoms with E-state index in [4.69, 9.17) is 11.0 Å². The van der Waals surface area contributed by atoms with Crippen molar-refractivity contribution in [1.29, 1.82) is 5.26 Å². The smallest absolute Gasteiger partial charge is 0.244 e. The molecule has 0 spiro atoms. The molecule has 1 aliphatic rings. The molecule has 1 unspecified atom stereocenters. The highest BCUT2D eigenvalue weighted by Gasteiger charge is 2.36. The van der Waals surface area contributed by atoms with Crippen molar-refractivity contribution in [3.8, 4) is 6.07 Å². The maximum Gasteiger partial charge on any atom is 0.244 e. The lowest BCUT2D eigenvalue weighted by Gasteiger charge is -2.23. The SMILES string of the molecule is N#Cc1c(F)cccc1S(=O)(=O)N1CCCC1CN. The average Bonchev–Trinajstić information content (AvgIpc) is 2.87. The number of hydrogen-bond donors (Lipinski definition) is 1. The topological polar surface area (TPSA) is 87.2 Å². The molecule has 0 aromatic heterocycles. The Morgan fingerprint density at radius 1 is 1.53 bits per heavy atom. The van der Waals surface area contributed by atoms with Gasteiger partial charge in [0.15, 0.2) is 0 Å². The third kappa shape index (κ3) is 2.34. The van der Waals surface area contributed by atoms with Gasteiger partial charge in [-0.15, -0.1) is 0 Å². The van der Waals surface area contributed by atoms with Crippen LogP contribution in [0.4, 0.5) is 4.39 Å². The zero-order valence-electron chi connectivity index (χ0n) is 10.2. The summed E-state index contributed by atoms with van der Waals surface area (Å²) in [6.45, 7) is 0.571. The van der Waals surface area contributed by atoms with E-state index in [9.17, 15) is 12.8 Å². The van der Waals surface area contributed by atoms with Crippen LogP contribution < -0.4 is 5.73 Å². The van der Waals surface area contributed by atoms with E-state index in [0.29, 0.717) is 13.0 Å². The molecule has 2 rings (SSSR count). The van der Waals surface area contributed by atoms with Crippen LogP contribution in [-0.4, -0.2) is 31.9 Å². The molecule has 0 radical (unpaired) electrons. The second-order valence-electron chi connectivity index (χ2n) is 4.37. The van der Waals surface area contributed by atoms with Gasteiger partial charge in [-0.05, 0) is 25.0 Å². The maximum absolute atomic E-state index is 13.5. The predicted molar refractivity (Wildman–Crippen MR) is 67.1 cm³/mol. The monoisotopic (exact) mass is 283 g/mol. The fourth-order valence-electron chi connectivity index (χ4n) is 2.32. The first-order chi connectivity index (χ1) is 9.02. The van der Waals surface area contributed by atoms with Crippen molar-refractivity contribution in [3.05, 3.63) is 29.6 Å². The average molecular weight is 283 g/mol. The lowest BCUT2D eigenvalue weighted by atomic mass is 10.2. The largest absolute Gasteiger partial charge is 0.329 e. The Labute approximate surface area is 111 Å². The molecular weight excluding hydrogens is 269 g/mol. The second kappa shape index (κ2) is 5.25. The third-order valence-electron chi connectivity index (χ3n) is 3.27. The van der Waals surface area contributed by atoms with Crippen molar-refractivity contribution in [2.24, 2.45) is 5.73 Å². The standard InChI is InChI=1S/C12H14FN3O2S/c13-11-4-1-5-12(10(11)8-15)19(17,18)16-6-2-3-9(16)7-14/h1,4-5,9H,2-3,6-7,14H2. The van der Waals surface area contributed by atoms with Gasteiger partial charge in [-0.2, -0.15) is 9.57 Å². The number of sulfonamides is 1. The van der Waals surface area contributed by atoms with Crippen molar-refractivity contribution in [1.82, 2.24) is 4.31 Å². The summed E-state index contributed by atoms with van der Waals surface area (Å²) in [6, 6.07) is 4.95. The summed E-state index contributed by atoms with van der Waals surface area (Å²) in [5.74, 6) is -0.827. The number of nitriles is 1. The zero-order chi connectivity index (χ0) is 14.0. The minimum absolute atomic E-state index is 0.219. The van der Waals surface area contributed by atoms with Crippen LogP contribution in [0.2, 0.25) is 0 Å². The molecular formula is C12H14FN3O2S. The van der Waals surface area contributed by atoms with E-state index >= 15 is 0 Å². The Morgan fingerprint density at radius 3 is 2.89 bits per heavy atom. The Hall–Kier alpha value is -1.49. The molecule has 0 amide bonds. The summed E-state index contributed by atoms with van der Waals surface area (Å²) < 4.78 is 39.8. The van der Waals surface area contributed by atoms with E-state index in [2.05, 4.69) is 0 Å². The van der Waals surface area contributed by atoms with Gasteiger partial charge in [-0.1, -0.05) is 6.07 Å². The summed E-state index contributed by atoms with van der Waals surface area (Å²) in [5, 5.41) is 8.93. The zero-order valence-corrected chi connectivity index (χ0v) is 11.0. The number of rotatable bonds is 3. The Morgan fingerprint density at radius 2 is 2.26 bits per heavy atom. The summed E-state index contributed by atoms with van der Waals surface area (Å²) in [4.78, 5) is -0.282. The van der Waals surface area contributed by atoms with Crippen molar-refractivity contribution in [2.45, 2.75) is 23.8 Å². The van der Waals surface area contributed by atoms with Gasteiger partial charge in [0.2, 0.25) is 10.0 Å². The van der Waals surface area contributed by atoms with Crippen LogP contribution in [0.15, 0.2) is 23.1 Å². The third-order valence-corrected chi connectivity index (χ3v) is 5.26. The molecule has 0 aliphatic carbocycles. The van der Waals surface area contributed by atoms with Crippen molar-refractivity contribution in [3.63, 3.8) is 0 Å². The molecule has 19 heavy (non-hydrogen) atoms. The number of nitrogens with two attached hydrogens (primary N) is 1. The fraction of sp³-hybridized carbons (Fsp3) is 0.417. The normalized spacial score (nSPS) is 20.4. The van der Waals surface area contributed by atoms with E-state index in [-0.39, 0.29) is 17.5 Å². The second-order valence-corrected chi connectivity index (χ2v) is 6.23. The van der Waals surface area contributed by atoms with Gasteiger partial charge >= 0.3 is 0 Å². The fourth-order valence-corrected chi connectivity index (χ4v) is 4.17. The molecule has 1 aliphatic heterocycles. The van der Waals surface area contributed by atoms with E-state index in [1.807, 2.05) is 0 Å². The van der Waals surface area contributed by atoms with E-state index in [1.54, 1.807) is 6.07 Å². The molecule has 0 bridgehead atoms. The summed E-state index contributed by atoms with van der Waals surface area (Å²) in [6.07, 6.45) is 1.41. The van der Waals surface area contributed by atoms with Gasteiger partial charge in [0.05, 0.1) is 0 Å². The van der Waals surface area contributed by atoms with E-state index in [0.717, 1.165) is 12.5 Å². The highest BCUT2D eigenvalue weighted by molar-refractivity contribution is 7.89. The number of halogens is 1. The summed E-state index contributed by atoms with van der Waals surface area (Å²) in [7, 11) is -3.87. The lowest BCUT2D eigenvalue weighted by molar-refractivity contribution is 0.392. The Balaban J connectivity index is 2.52. The first kappa shape index (κ1) is 13.9. The van der Waals surface area contributed by atoms with Crippen LogP contribution in [0.3, 0.4) is 0 Å². The minimum atomic E-state index is -3.87. The molecule has 1 aromatic rings. The maximum atomic E-state index is 13.5. The van der Waals surface area contributed by atoms with Crippen LogP contribution in [0.5, 0.6) is 0 Å². The molecule has 1 aromatic carbocycles. The van der Waals surface area contributed by atoms with Gasteiger partial charge in [-0.25, -0.2) is 12.8 Å².